The van der Waals surface area contributed by atoms with E-state index in [4.69, 9.17) is 0 Å². The molecule has 0 saturated carbocycles. The van der Waals surface area contributed by atoms with Gasteiger partial charge in [-0.15, -0.1) is 0 Å². The third-order valence-corrected chi connectivity index (χ3v) is 1.89. The van der Waals surface area contributed by atoms with Crippen LogP contribution in [0.1, 0.15) is 39.0 Å². The van der Waals surface area contributed by atoms with Crippen molar-refractivity contribution >= 4 is 6.29 Å². The minimum absolute atomic E-state index is 0.904. The molecule has 0 aromatic carbocycles. The molecule has 2 heteroatoms. The summed E-state index contributed by atoms with van der Waals surface area (Å²) >= 11 is 0. The molecule has 0 unspecified atom stereocenters. The number of rotatable bonds is 7. The van der Waals surface area contributed by atoms with Gasteiger partial charge in [0.15, 0.2) is 0 Å². The van der Waals surface area contributed by atoms with Crippen molar-refractivity contribution in [2.75, 3.05) is 14.1 Å². The van der Waals surface area contributed by atoms with Gasteiger partial charge in [-0.3, -0.25) is 4.79 Å². The van der Waals surface area contributed by atoms with E-state index in [0.29, 0.717) is 0 Å². The highest BCUT2D eigenvalue weighted by Crippen LogP contribution is 2.08. The van der Waals surface area contributed by atoms with Crippen LogP contribution in [0.5, 0.6) is 0 Å². The molecule has 0 rings (SSSR count). The minimum Gasteiger partial charge on any atom is -0.383 e. The summed E-state index contributed by atoms with van der Waals surface area (Å²) in [7, 11) is 3.88. The fraction of sp³-hybridized carbons (Fsp3) is 0.727. The highest BCUT2D eigenvalue weighted by atomic mass is 16.1. The number of allylic oxidation sites excluding steroid dienone is 1. The van der Waals surface area contributed by atoms with Gasteiger partial charge in [-0.05, 0) is 12.8 Å². The number of carbonyl (C=O) groups is 1. The molecule has 13 heavy (non-hydrogen) atoms. The Morgan fingerprint density at radius 3 is 2.38 bits per heavy atom. The minimum atomic E-state index is 0.904. The lowest BCUT2D eigenvalue weighted by atomic mass is 10.1. The molecule has 2 nitrogen and oxygen atoms in total. The van der Waals surface area contributed by atoms with Gasteiger partial charge in [-0.2, -0.15) is 0 Å². The van der Waals surface area contributed by atoms with Gasteiger partial charge in [0.2, 0.25) is 0 Å². The van der Waals surface area contributed by atoms with Crippen molar-refractivity contribution < 1.29 is 4.79 Å². The van der Waals surface area contributed by atoms with E-state index in [1.165, 1.54) is 19.3 Å². The van der Waals surface area contributed by atoms with Gasteiger partial charge < -0.3 is 4.90 Å². The van der Waals surface area contributed by atoms with Crippen molar-refractivity contribution in [3.8, 4) is 0 Å². The Bertz CT molecular complexity index is 161. The Morgan fingerprint density at radius 1 is 1.23 bits per heavy atom. The molecule has 0 spiro atoms. The molecule has 0 aromatic rings. The molecule has 0 saturated heterocycles. The van der Waals surface area contributed by atoms with Crippen molar-refractivity contribution in [2.45, 2.75) is 39.0 Å². The van der Waals surface area contributed by atoms with E-state index in [1.54, 1.807) is 0 Å². The summed E-state index contributed by atoms with van der Waals surface area (Å²) in [6.45, 7) is 2.19. The van der Waals surface area contributed by atoms with E-state index in [-0.39, 0.29) is 0 Å². The largest absolute Gasteiger partial charge is 0.383 e. The van der Waals surface area contributed by atoms with Crippen LogP contribution in [0.15, 0.2) is 11.8 Å². The number of carbonyl (C=O) groups excluding carboxylic acids is 1. The van der Waals surface area contributed by atoms with Gasteiger partial charge >= 0.3 is 0 Å². The van der Waals surface area contributed by atoms with Crippen LogP contribution in [0.2, 0.25) is 0 Å². The zero-order valence-corrected chi connectivity index (χ0v) is 9.05. The maximum Gasteiger partial charge on any atom is 0.147 e. The first kappa shape index (κ1) is 12.2. The first-order valence-corrected chi connectivity index (χ1v) is 5.03. The van der Waals surface area contributed by atoms with E-state index >= 15 is 0 Å². The monoisotopic (exact) mass is 183 g/mol. The van der Waals surface area contributed by atoms with Crippen LogP contribution in [-0.4, -0.2) is 25.3 Å². The molecule has 0 radical (unpaired) electrons. The third kappa shape index (κ3) is 7.57. The zero-order chi connectivity index (χ0) is 10.1. The second kappa shape index (κ2) is 7.84. The van der Waals surface area contributed by atoms with Gasteiger partial charge in [0.1, 0.15) is 6.29 Å². The Labute approximate surface area is 81.6 Å². The van der Waals surface area contributed by atoms with Crippen LogP contribution < -0.4 is 0 Å². The van der Waals surface area contributed by atoms with Crippen LogP contribution >= 0.6 is 0 Å². The number of unbranched alkanes of at least 4 members (excludes halogenated alkanes) is 3. The highest BCUT2D eigenvalue weighted by molar-refractivity contribution is 5.72. The van der Waals surface area contributed by atoms with Crippen LogP contribution in [0.4, 0.5) is 0 Å². The Hall–Kier alpha value is -0.790. The lowest BCUT2D eigenvalue weighted by Gasteiger charge is -2.06. The van der Waals surface area contributed by atoms with Crippen molar-refractivity contribution in [2.24, 2.45) is 0 Å². The van der Waals surface area contributed by atoms with Crippen molar-refractivity contribution in [1.82, 2.24) is 4.90 Å². The summed E-state index contributed by atoms with van der Waals surface area (Å²) in [4.78, 5) is 12.5. The summed E-state index contributed by atoms with van der Waals surface area (Å²) in [5.41, 5.74) is 0.904. The molecule has 0 atom stereocenters. The number of nitrogens with zero attached hydrogens (tertiary/aromatic N) is 1. The first-order valence-electron chi connectivity index (χ1n) is 5.03. The van der Waals surface area contributed by atoms with Gasteiger partial charge in [0.25, 0.3) is 0 Å². The topological polar surface area (TPSA) is 20.3 Å². The number of aldehydes is 1. The zero-order valence-electron chi connectivity index (χ0n) is 9.05. The van der Waals surface area contributed by atoms with Crippen molar-refractivity contribution in [1.29, 1.82) is 0 Å². The summed E-state index contributed by atoms with van der Waals surface area (Å²) in [5.74, 6) is 0. The van der Waals surface area contributed by atoms with Crippen LogP contribution in [-0.2, 0) is 4.79 Å². The summed E-state index contributed by atoms with van der Waals surface area (Å²) in [6.07, 6.45) is 8.66. The summed E-state index contributed by atoms with van der Waals surface area (Å²) in [6, 6.07) is 0. The quantitative estimate of drug-likeness (QED) is 0.343. The fourth-order valence-electron chi connectivity index (χ4n) is 1.24. The van der Waals surface area contributed by atoms with Crippen LogP contribution in [0.3, 0.4) is 0 Å². The van der Waals surface area contributed by atoms with E-state index in [9.17, 15) is 4.79 Å². The van der Waals surface area contributed by atoms with Crippen LogP contribution in [0.25, 0.3) is 0 Å². The number of hydrogen-bond acceptors (Lipinski definition) is 2. The smallest absolute Gasteiger partial charge is 0.147 e. The molecule has 0 N–H and O–H groups in total. The molecule has 76 valence electrons. The normalized spacial score (nSPS) is 11.5. The van der Waals surface area contributed by atoms with Crippen molar-refractivity contribution in [3.05, 3.63) is 11.8 Å². The van der Waals surface area contributed by atoms with Gasteiger partial charge in [0, 0.05) is 25.9 Å². The van der Waals surface area contributed by atoms with Crippen LogP contribution in [0, 0.1) is 0 Å². The second-order valence-corrected chi connectivity index (χ2v) is 3.60. The van der Waals surface area contributed by atoms with Gasteiger partial charge in [0.05, 0.1) is 0 Å². The molecule has 0 fully saturated rings. The fourth-order valence-corrected chi connectivity index (χ4v) is 1.24. The van der Waals surface area contributed by atoms with Gasteiger partial charge in [-0.25, -0.2) is 0 Å². The molecular formula is C11H21NO. The van der Waals surface area contributed by atoms with Crippen molar-refractivity contribution in [3.63, 3.8) is 0 Å². The van der Waals surface area contributed by atoms with E-state index < -0.39 is 0 Å². The standard InChI is InChI=1S/C11H21NO/c1-4-5-6-7-8-11(10-13)9-12(2)3/h9-10H,4-8H2,1-3H3/b11-9+. The predicted octanol–water partition coefficient (Wildman–Crippen LogP) is 2.60. The summed E-state index contributed by atoms with van der Waals surface area (Å²) < 4.78 is 0. The van der Waals surface area contributed by atoms with E-state index in [2.05, 4.69) is 6.92 Å². The maximum atomic E-state index is 10.6. The Kier molecular flexibility index (Phi) is 7.36. The molecule has 0 amide bonds. The lowest BCUT2D eigenvalue weighted by Crippen LogP contribution is -2.03. The molecule has 0 aliphatic carbocycles. The van der Waals surface area contributed by atoms with E-state index in [1.807, 2.05) is 25.2 Å². The van der Waals surface area contributed by atoms with Gasteiger partial charge in [-0.1, -0.05) is 26.2 Å². The third-order valence-electron chi connectivity index (χ3n) is 1.89. The molecule has 0 aromatic heterocycles. The lowest BCUT2D eigenvalue weighted by molar-refractivity contribution is -0.105. The number of hydrogen-bond donors (Lipinski definition) is 0. The predicted molar refractivity (Wildman–Crippen MR) is 56.6 cm³/mol. The highest BCUT2D eigenvalue weighted by Gasteiger charge is 1.95. The molecular weight excluding hydrogens is 162 g/mol. The molecule has 0 heterocycles. The maximum absolute atomic E-state index is 10.6. The Morgan fingerprint density at radius 2 is 1.92 bits per heavy atom. The SMILES string of the molecule is CCCCCC/C(C=O)=C\N(C)C. The Balaban J connectivity index is 3.66. The summed E-state index contributed by atoms with van der Waals surface area (Å²) in [5, 5.41) is 0. The first-order chi connectivity index (χ1) is 6.20. The molecule has 0 aliphatic heterocycles. The average Bonchev–Trinajstić information content (AvgIpc) is 2.09. The molecule has 0 aliphatic rings. The van der Waals surface area contributed by atoms with E-state index in [0.717, 1.165) is 24.7 Å². The average molecular weight is 183 g/mol. The molecule has 0 bridgehead atoms. The second-order valence-electron chi connectivity index (χ2n) is 3.60.